The van der Waals surface area contributed by atoms with Gasteiger partial charge in [-0.2, -0.15) is 0 Å². The first-order chi connectivity index (χ1) is 7.59. The molecule has 3 nitrogen and oxygen atoms in total. The normalized spacial score (nSPS) is 17.8. The van der Waals surface area contributed by atoms with E-state index in [2.05, 4.69) is 6.92 Å². The van der Waals surface area contributed by atoms with E-state index in [9.17, 15) is 4.79 Å². The zero-order chi connectivity index (χ0) is 11.6. The van der Waals surface area contributed by atoms with Crippen molar-refractivity contribution in [2.75, 3.05) is 13.2 Å². The quantitative estimate of drug-likeness (QED) is 0.847. The molecule has 1 fully saturated rings. The van der Waals surface area contributed by atoms with E-state index in [1.165, 1.54) is 5.56 Å². The summed E-state index contributed by atoms with van der Waals surface area (Å²) >= 11 is 0. The Bertz CT molecular complexity index is 377. The van der Waals surface area contributed by atoms with Crippen LogP contribution in [-0.2, 0) is 11.2 Å². The number of aromatic carboxylic acids is 1. The van der Waals surface area contributed by atoms with Gasteiger partial charge in [0.05, 0.1) is 18.8 Å². The number of benzene rings is 1. The summed E-state index contributed by atoms with van der Waals surface area (Å²) in [6.45, 7) is 3.92. The summed E-state index contributed by atoms with van der Waals surface area (Å²) in [7, 11) is 0. The maximum absolute atomic E-state index is 10.7. The van der Waals surface area contributed by atoms with Crippen LogP contribution < -0.4 is 0 Å². The van der Waals surface area contributed by atoms with E-state index in [0.717, 1.165) is 26.1 Å². The summed E-state index contributed by atoms with van der Waals surface area (Å²) in [5.41, 5.74) is 1.87. The summed E-state index contributed by atoms with van der Waals surface area (Å²) in [5.74, 6) is -0.870. The summed E-state index contributed by atoms with van der Waals surface area (Å²) in [6.07, 6.45) is 2.08. The highest BCUT2D eigenvalue weighted by Gasteiger charge is 2.32. The number of rotatable bonds is 4. The van der Waals surface area contributed by atoms with Gasteiger partial charge in [-0.05, 0) is 30.5 Å². The van der Waals surface area contributed by atoms with E-state index < -0.39 is 5.97 Å². The first-order valence-corrected chi connectivity index (χ1v) is 5.49. The van der Waals surface area contributed by atoms with Crippen molar-refractivity contribution in [2.45, 2.75) is 19.8 Å². The van der Waals surface area contributed by atoms with Gasteiger partial charge < -0.3 is 9.84 Å². The first-order valence-electron chi connectivity index (χ1n) is 5.49. The minimum absolute atomic E-state index is 0.325. The Morgan fingerprint density at radius 1 is 1.38 bits per heavy atom. The van der Waals surface area contributed by atoms with Crippen molar-refractivity contribution >= 4 is 5.97 Å². The van der Waals surface area contributed by atoms with Crippen molar-refractivity contribution in [1.82, 2.24) is 0 Å². The third-order valence-corrected chi connectivity index (χ3v) is 3.12. The van der Waals surface area contributed by atoms with E-state index in [1.807, 2.05) is 12.1 Å². The third kappa shape index (κ3) is 2.42. The van der Waals surface area contributed by atoms with E-state index in [1.54, 1.807) is 12.1 Å². The standard InChI is InChI=1S/C13H16O3/c1-13(8-16-9-13)7-6-10-2-4-11(5-3-10)12(14)15/h2-5H,6-9H2,1H3,(H,14,15). The highest BCUT2D eigenvalue weighted by Crippen LogP contribution is 2.31. The number of aryl methyl sites for hydroxylation is 1. The Hall–Kier alpha value is -1.35. The fraction of sp³-hybridized carbons (Fsp3) is 0.462. The second-order valence-electron chi connectivity index (χ2n) is 4.81. The fourth-order valence-corrected chi connectivity index (χ4v) is 1.85. The van der Waals surface area contributed by atoms with Crippen LogP contribution in [0.2, 0.25) is 0 Å². The average Bonchev–Trinajstić information content (AvgIpc) is 2.24. The van der Waals surface area contributed by atoms with Gasteiger partial charge >= 0.3 is 5.97 Å². The van der Waals surface area contributed by atoms with Gasteiger partial charge in [-0.25, -0.2) is 4.79 Å². The van der Waals surface area contributed by atoms with Crippen LogP contribution in [0.5, 0.6) is 0 Å². The smallest absolute Gasteiger partial charge is 0.335 e. The minimum atomic E-state index is -0.870. The maximum atomic E-state index is 10.7. The molecule has 0 radical (unpaired) electrons. The van der Waals surface area contributed by atoms with Gasteiger partial charge in [0.15, 0.2) is 0 Å². The second-order valence-corrected chi connectivity index (χ2v) is 4.81. The predicted octanol–water partition coefficient (Wildman–Crippen LogP) is 2.35. The molecule has 0 saturated carbocycles. The van der Waals surface area contributed by atoms with Gasteiger partial charge in [-0.1, -0.05) is 19.1 Å². The Kier molecular flexibility index (Phi) is 2.97. The number of hydrogen-bond acceptors (Lipinski definition) is 2. The molecule has 0 atom stereocenters. The van der Waals surface area contributed by atoms with Crippen LogP contribution >= 0.6 is 0 Å². The highest BCUT2D eigenvalue weighted by molar-refractivity contribution is 5.87. The molecule has 0 spiro atoms. The van der Waals surface area contributed by atoms with Gasteiger partial charge in [0.2, 0.25) is 0 Å². The summed E-state index contributed by atoms with van der Waals surface area (Å²) < 4.78 is 5.20. The predicted molar refractivity (Wildman–Crippen MR) is 60.6 cm³/mol. The monoisotopic (exact) mass is 220 g/mol. The molecule has 3 heteroatoms. The first kappa shape index (κ1) is 11.1. The molecule has 86 valence electrons. The SMILES string of the molecule is CC1(CCc2ccc(C(=O)O)cc2)COC1. The molecule has 1 saturated heterocycles. The van der Waals surface area contributed by atoms with Crippen LogP contribution in [0, 0.1) is 5.41 Å². The molecule has 0 bridgehead atoms. The number of hydrogen-bond donors (Lipinski definition) is 1. The van der Waals surface area contributed by atoms with Crippen molar-refractivity contribution in [3.8, 4) is 0 Å². The number of carboxylic acid groups (broad SMARTS) is 1. The van der Waals surface area contributed by atoms with E-state index in [-0.39, 0.29) is 0 Å². The molecule has 0 aromatic heterocycles. The summed E-state index contributed by atoms with van der Waals surface area (Å²) in [5, 5.41) is 8.77. The van der Waals surface area contributed by atoms with E-state index in [4.69, 9.17) is 9.84 Å². The van der Waals surface area contributed by atoms with Crippen LogP contribution in [0.1, 0.15) is 29.3 Å². The van der Waals surface area contributed by atoms with Crippen molar-refractivity contribution < 1.29 is 14.6 Å². The Morgan fingerprint density at radius 3 is 2.44 bits per heavy atom. The number of carbonyl (C=O) groups is 1. The van der Waals surface area contributed by atoms with Gasteiger partial charge in [-0.15, -0.1) is 0 Å². The van der Waals surface area contributed by atoms with Crippen LogP contribution in [-0.4, -0.2) is 24.3 Å². The number of ether oxygens (including phenoxy) is 1. The molecule has 16 heavy (non-hydrogen) atoms. The molecule has 2 rings (SSSR count). The molecular formula is C13H16O3. The highest BCUT2D eigenvalue weighted by atomic mass is 16.5. The van der Waals surface area contributed by atoms with E-state index >= 15 is 0 Å². The molecule has 1 heterocycles. The largest absolute Gasteiger partial charge is 0.478 e. The lowest BCUT2D eigenvalue weighted by Crippen LogP contribution is -2.39. The molecule has 1 N–H and O–H groups in total. The third-order valence-electron chi connectivity index (χ3n) is 3.12. The Balaban J connectivity index is 1.92. The van der Waals surface area contributed by atoms with Gasteiger partial charge in [0, 0.05) is 5.41 Å². The number of carboxylic acids is 1. The zero-order valence-corrected chi connectivity index (χ0v) is 9.40. The fourth-order valence-electron chi connectivity index (χ4n) is 1.85. The minimum Gasteiger partial charge on any atom is -0.478 e. The summed E-state index contributed by atoms with van der Waals surface area (Å²) in [4.78, 5) is 10.7. The topological polar surface area (TPSA) is 46.5 Å². The van der Waals surface area contributed by atoms with Gasteiger partial charge in [0.25, 0.3) is 0 Å². The lowest BCUT2D eigenvalue weighted by atomic mass is 9.82. The Labute approximate surface area is 95.0 Å². The molecule has 1 aliphatic heterocycles. The van der Waals surface area contributed by atoms with Crippen molar-refractivity contribution in [2.24, 2.45) is 5.41 Å². The van der Waals surface area contributed by atoms with Crippen LogP contribution in [0.25, 0.3) is 0 Å². The lowest BCUT2D eigenvalue weighted by molar-refractivity contribution is -0.105. The molecule has 1 aromatic carbocycles. The summed E-state index contributed by atoms with van der Waals surface area (Å²) in [6, 6.07) is 7.12. The van der Waals surface area contributed by atoms with Crippen LogP contribution in [0.4, 0.5) is 0 Å². The van der Waals surface area contributed by atoms with E-state index in [0.29, 0.717) is 11.0 Å². The maximum Gasteiger partial charge on any atom is 0.335 e. The second kappa shape index (κ2) is 4.26. The Morgan fingerprint density at radius 2 is 2.00 bits per heavy atom. The molecule has 0 unspecified atom stereocenters. The van der Waals surface area contributed by atoms with Crippen LogP contribution in [0.3, 0.4) is 0 Å². The molecule has 0 amide bonds. The van der Waals surface area contributed by atoms with Gasteiger partial charge in [0.1, 0.15) is 0 Å². The molecular weight excluding hydrogens is 204 g/mol. The average molecular weight is 220 g/mol. The van der Waals surface area contributed by atoms with Crippen LogP contribution in [0.15, 0.2) is 24.3 Å². The molecule has 0 aliphatic carbocycles. The molecule has 1 aromatic rings. The lowest BCUT2D eigenvalue weighted by Gasteiger charge is -2.38. The zero-order valence-electron chi connectivity index (χ0n) is 9.40. The molecule has 1 aliphatic rings. The van der Waals surface area contributed by atoms with Gasteiger partial charge in [-0.3, -0.25) is 0 Å². The van der Waals surface area contributed by atoms with Crippen molar-refractivity contribution in [3.63, 3.8) is 0 Å². The van der Waals surface area contributed by atoms with Crippen molar-refractivity contribution in [1.29, 1.82) is 0 Å². The van der Waals surface area contributed by atoms with Crippen molar-refractivity contribution in [3.05, 3.63) is 35.4 Å².